The number of carbonyl (C=O) groups excluding carboxylic acids is 1. The van der Waals surface area contributed by atoms with E-state index in [4.69, 9.17) is 9.72 Å². The summed E-state index contributed by atoms with van der Waals surface area (Å²) in [4.78, 5) is 23.7. The Kier molecular flexibility index (Phi) is 6.54. The number of hydrogen-bond acceptors (Lipinski definition) is 5. The molecule has 1 N–H and O–H groups in total. The van der Waals surface area contributed by atoms with Gasteiger partial charge in [0.1, 0.15) is 11.6 Å². The van der Waals surface area contributed by atoms with E-state index in [1.165, 1.54) is 18.6 Å². The van der Waals surface area contributed by atoms with Crippen molar-refractivity contribution >= 4 is 17.8 Å². The first kappa shape index (κ1) is 20.0. The molecule has 3 heterocycles. The van der Waals surface area contributed by atoms with Crippen molar-refractivity contribution < 1.29 is 9.53 Å². The summed E-state index contributed by atoms with van der Waals surface area (Å²) in [6.07, 6.45) is 6.12. The van der Waals surface area contributed by atoms with Gasteiger partial charge in [0.2, 0.25) is 0 Å². The molecule has 2 aliphatic rings. The molecule has 1 aromatic carbocycles. The molecule has 2 aromatic rings. The molecule has 1 unspecified atom stereocenters. The lowest BCUT2D eigenvalue weighted by Gasteiger charge is -2.31. The summed E-state index contributed by atoms with van der Waals surface area (Å²) in [6, 6.07) is 9.93. The molecule has 0 bridgehead atoms. The van der Waals surface area contributed by atoms with E-state index in [0.717, 1.165) is 55.3 Å². The van der Waals surface area contributed by atoms with Crippen molar-refractivity contribution in [3.8, 4) is 17.0 Å². The second-order valence-electron chi connectivity index (χ2n) is 7.61. The van der Waals surface area contributed by atoms with Crippen LogP contribution in [0.2, 0.25) is 0 Å². The number of amides is 2. The zero-order valence-electron chi connectivity index (χ0n) is 16.8. The van der Waals surface area contributed by atoms with E-state index in [1.807, 2.05) is 53.2 Å². The fourth-order valence-corrected chi connectivity index (χ4v) is 5.15. The van der Waals surface area contributed by atoms with Crippen molar-refractivity contribution in [2.45, 2.75) is 36.9 Å². The predicted octanol–water partition coefficient (Wildman–Crippen LogP) is 3.94. The Bertz CT molecular complexity index is 816. The van der Waals surface area contributed by atoms with Crippen LogP contribution in [0.1, 0.15) is 37.4 Å². The monoisotopic (exact) mass is 412 g/mol. The minimum absolute atomic E-state index is 0.0730. The molecule has 7 heteroatoms. The number of urea groups is 1. The zero-order chi connectivity index (χ0) is 20.1. The van der Waals surface area contributed by atoms with E-state index in [1.54, 1.807) is 7.11 Å². The first-order valence-electron chi connectivity index (χ1n) is 10.3. The Morgan fingerprint density at radius 1 is 1.21 bits per heavy atom. The van der Waals surface area contributed by atoms with Crippen LogP contribution >= 0.6 is 11.8 Å². The van der Waals surface area contributed by atoms with Gasteiger partial charge in [0, 0.05) is 42.6 Å². The summed E-state index contributed by atoms with van der Waals surface area (Å²) in [5.41, 5.74) is 1.97. The van der Waals surface area contributed by atoms with Gasteiger partial charge in [-0.3, -0.25) is 0 Å². The summed E-state index contributed by atoms with van der Waals surface area (Å²) in [7, 11) is 1.66. The number of piperidine rings is 1. The molecule has 0 saturated carbocycles. The number of methoxy groups -OCH3 is 1. The van der Waals surface area contributed by atoms with Crippen LogP contribution in [0.5, 0.6) is 5.75 Å². The lowest BCUT2D eigenvalue weighted by Crippen LogP contribution is -2.45. The number of aromatic nitrogens is 2. The third-order valence-electron chi connectivity index (χ3n) is 5.71. The van der Waals surface area contributed by atoms with Crippen LogP contribution in [-0.4, -0.2) is 58.6 Å². The van der Waals surface area contributed by atoms with Crippen LogP contribution in [0.25, 0.3) is 11.3 Å². The largest absolute Gasteiger partial charge is 0.497 e. The quantitative estimate of drug-likeness (QED) is 0.806. The van der Waals surface area contributed by atoms with Crippen LogP contribution < -0.4 is 10.1 Å². The summed E-state index contributed by atoms with van der Waals surface area (Å²) in [6.45, 7) is 2.30. The topological polar surface area (TPSA) is 67.3 Å². The first-order valence-corrected chi connectivity index (χ1v) is 11.4. The predicted molar refractivity (Wildman–Crippen MR) is 116 cm³/mol. The summed E-state index contributed by atoms with van der Waals surface area (Å²) < 4.78 is 5.23. The smallest absolute Gasteiger partial charge is 0.317 e. The number of carbonyl (C=O) groups is 1. The number of hydrogen-bond donors (Lipinski definition) is 1. The fourth-order valence-electron chi connectivity index (χ4n) is 3.95. The van der Waals surface area contributed by atoms with E-state index < -0.39 is 0 Å². The SMILES string of the molecule is COc1ccc(-c2ccnc(C3CCN(C(=O)NCC4CCCS4)CC3)n2)cc1. The van der Waals surface area contributed by atoms with Gasteiger partial charge in [0.15, 0.2) is 0 Å². The van der Waals surface area contributed by atoms with Crippen molar-refractivity contribution in [1.82, 2.24) is 20.2 Å². The van der Waals surface area contributed by atoms with E-state index in [2.05, 4.69) is 10.3 Å². The normalized spacial score (nSPS) is 19.9. The molecule has 2 amide bonds. The van der Waals surface area contributed by atoms with Crippen LogP contribution in [0.3, 0.4) is 0 Å². The molecule has 4 rings (SSSR count). The molecule has 2 saturated heterocycles. The molecule has 0 spiro atoms. The van der Waals surface area contributed by atoms with Gasteiger partial charge < -0.3 is 15.0 Å². The maximum Gasteiger partial charge on any atom is 0.317 e. The summed E-state index contributed by atoms with van der Waals surface area (Å²) in [5, 5.41) is 3.70. The highest BCUT2D eigenvalue weighted by Crippen LogP contribution is 2.28. The molecule has 29 heavy (non-hydrogen) atoms. The van der Waals surface area contributed by atoms with E-state index >= 15 is 0 Å². The second kappa shape index (κ2) is 9.48. The Balaban J connectivity index is 1.32. The molecule has 0 aliphatic carbocycles. The van der Waals surface area contributed by atoms with Crippen LogP contribution in [-0.2, 0) is 0 Å². The molecule has 154 valence electrons. The Labute approximate surface area is 176 Å². The summed E-state index contributed by atoms with van der Waals surface area (Å²) in [5.74, 6) is 3.23. The van der Waals surface area contributed by atoms with Gasteiger partial charge in [0.05, 0.1) is 12.8 Å². The molecule has 0 radical (unpaired) electrons. The van der Waals surface area contributed by atoms with Gasteiger partial charge in [-0.2, -0.15) is 11.8 Å². The van der Waals surface area contributed by atoms with Crippen molar-refractivity contribution in [3.05, 3.63) is 42.4 Å². The highest BCUT2D eigenvalue weighted by Gasteiger charge is 2.26. The summed E-state index contributed by atoms with van der Waals surface area (Å²) >= 11 is 1.97. The van der Waals surface area contributed by atoms with Crippen molar-refractivity contribution in [3.63, 3.8) is 0 Å². The number of ether oxygens (including phenoxy) is 1. The Morgan fingerprint density at radius 2 is 2.00 bits per heavy atom. The van der Waals surface area contributed by atoms with Crippen LogP contribution in [0, 0.1) is 0 Å². The van der Waals surface area contributed by atoms with E-state index in [0.29, 0.717) is 11.2 Å². The number of nitrogens with zero attached hydrogens (tertiary/aromatic N) is 3. The zero-order valence-corrected chi connectivity index (χ0v) is 17.7. The van der Waals surface area contributed by atoms with E-state index in [9.17, 15) is 4.79 Å². The van der Waals surface area contributed by atoms with Gasteiger partial charge in [0.25, 0.3) is 0 Å². The van der Waals surface area contributed by atoms with Crippen molar-refractivity contribution in [2.75, 3.05) is 32.5 Å². The van der Waals surface area contributed by atoms with Gasteiger partial charge in [-0.25, -0.2) is 14.8 Å². The van der Waals surface area contributed by atoms with Crippen LogP contribution in [0.4, 0.5) is 4.79 Å². The lowest BCUT2D eigenvalue weighted by molar-refractivity contribution is 0.180. The third kappa shape index (κ3) is 5.01. The molecule has 1 aromatic heterocycles. The number of thioether (sulfide) groups is 1. The van der Waals surface area contributed by atoms with Crippen molar-refractivity contribution in [1.29, 1.82) is 0 Å². The number of nitrogens with one attached hydrogen (secondary N) is 1. The minimum Gasteiger partial charge on any atom is -0.497 e. The standard InChI is InChI=1S/C22H28N4O2S/c1-28-18-6-4-16(5-7-18)20-8-11-23-21(25-20)17-9-12-26(13-10-17)22(27)24-15-19-3-2-14-29-19/h4-8,11,17,19H,2-3,9-10,12-15H2,1H3,(H,24,27). The lowest BCUT2D eigenvalue weighted by atomic mass is 9.96. The maximum atomic E-state index is 12.5. The van der Waals surface area contributed by atoms with Gasteiger partial charge in [-0.1, -0.05) is 0 Å². The highest BCUT2D eigenvalue weighted by molar-refractivity contribution is 8.00. The van der Waals surface area contributed by atoms with Gasteiger partial charge in [-0.15, -0.1) is 0 Å². The average molecular weight is 413 g/mol. The molecular weight excluding hydrogens is 384 g/mol. The third-order valence-corrected chi connectivity index (χ3v) is 7.11. The van der Waals surface area contributed by atoms with E-state index in [-0.39, 0.29) is 6.03 Å². The molecule has 1 atom stereocenters. The van der Waals surface area contributed by atoms with Gasteiger partial charge >= 0.3 is 6.03 Å². The van der Waals surface area contributed by atoms with Crippen molar-refractivity contribution in [2.24, 2.45) is 0 Å². The second-order valence-corrected chi connectivity index (χ2v) is 9.02. The Hall–Kier alpha value is -2.28. The molecule has 2 fully saturated rings. The molecule has 6 nitrogen and oxygen atoms in total. The fraction of sp³-hybridized carbons (Fsp3) is 0.500. The first-order chi connectivity index (χ1) is 14.2. The average Bonchev–Trinajstić information content (AvgIpc) is 3.31. The number of likely N-dealkylation sites (tertiary alicyclic amines) is 1. The molecular formula is C22H28N4O2S. The number of rotatable bonds is 5. The Morgan fingerprint density at radius 3 is 2.69 bits per heavy atom. The maximum absolute atomic E-state index is 12.5. The molecule has 2 aliphatic heterocycles. The van der Waals surface area contributed by atoms with Gasteiger partial charge in [-0.05, 0) is 61.8 Å². The minimum atomic E-state index is 0.0730. The highest BCUT2D eigenvalue weighted by atomic mass is 32.2. The number of benzene rings is 1. The van der Waals surface area contributed by atoms with Crippen LogP contribution in [0.15, 0.2) is 36.5 Å².